The molecule has 1 unspecified atom stereocenters. The van der Waals surface area contributed by atoms with Crippen molar-refractivity contribution in [3.05, 3.63) is 86.6 Å². The first-order valence-corrected chi connectivity index (χ1v) is 12.9. The van der Waals surface area contributed by atoms with Crippen molar-refractivity contribution < 1.29 is 28.6 Å². The molecular weight excluding hydrogens is 608 g/mol. The number of esters is 2. The average Bonchev–Trinajstić information content (AvgIpc) is 2.86. The molecule has 0 aliphatic rings. The summed E-state index contributed by atoms with van der Waals surface area (Å²) in [7, 11) is 1.38. The molecule has 0 aliphatic carbocycles. The summed E-state index contributed by atoms with van der Waals surface area (Å²) in [6.45, 7) is 4.96. The fourth-order valence-corrected chi connectivity index (χ4v) is 3.97. The monoisotopic (exact) mass is 634 g/mol. The van der Waals surface area contributed by atoms with Gasteiger partial charge < -0.3 is 19.9 Å². The Morgan fingerprint density at radius 1 is 0.946 bits per heavy atom. The van der Waals surface area contributed by atoms with Crippen LogP contribution >= 0.6 is 31.9 Å². The Morgan fingerprint density at radius 3 is 1.86 bits per heavy atom. The second-order valence-electron chi connectivity index (χ2n) is 7.78. The smallest absolute Gasteiger partial charge is 0.308 e. The van der Waals surface area contributed by atoms with Gasteiger partial charge >= 0.3 is 11.9 Å². The number of carbonyl (C=O) groups excluding carboxylic acids is 3. The molecule has 3 aromatic rings. The van der Waals surface area contributed by atoms with Crippen molar-refractivity contribution in [2.24, 2.45) is 5.73 Å². The van der Waals surface area contributed by atoms with Crippen molar-refractivity contribution in [1.29, 1.82) is 0 Å². The standard InChI is InChI=1S/C18H18Br2O2.C9H10N2O4/c1-3-17(21)22-12(2)18(13-4-8-15(19)9-5-13)14-6-10-16(20)11-7-14;1-5(12)15-8-6(14-2)3-4-11-7(8)9(10)13/h4-12,18H,3H2,1-2H3;3-4H,1-2H3,(H2,10,13). The predicted octanol–water partition coefficient (Wildman–Crippen LogP) is 5.80. The molecule has 0 aliphatic heterocycles. The first-order valence-electron chi connectivity index (χ1n) is 11.3. The molecule has 0 radical (unpaired) electrons. The fourth-order valence-electron chi connectivity index (χ4n) is 3.44. The van der Waals surface area contributed by atoms with Crippen LogP contribution in [0.5, 0.6) is 11.5 Å². The van der Waals surface area contributed by atoms with Gasteiger partial charge in [-0.25, -0.2) is 4.98 Å². The number of amides is 1. The third-order valence-electron chi connectivity index (χ3n) is 5.10. The molecule has 37 heavy (non-hydrogen) atoms. The van der Waals surface area contributed by atoms with Crippen molar-refractivity contribution in [2.75, 3.05) is 7.11 Å². The molecule has 0 spiro atoms. The van der Waals surface area contributed by atoms with Crippen LogP contribution in [0.1, 0.15) is 54.7 Å². The quantitative estimate of drug-likeness (QED) is 0.311. The lowest BCUT2D eigenvalue weighted by atomic mass is 9.87. The van der Waals surface area contributed by atoms with E-state index in [1.165, 1.54) is 26.3 Å². The number of aromatic nitrogens is 1. The van der Waals surface area contributed by atoms with Gasteiger partial charge in [0.25, 0.3) is 5.91 Å². The number of nitrogens with two attached hydrogens (primary N) is 1. The molecule has 0 bridgehead atoms. The van der Waals surface area contributed by atoms with Crippen LogP contribution in [0, 0.1) is 0 Å². The maximum atomic E-state index is 11.7. The predicted molar refractivity (Wildman–Crippen MR) is 147 cm³/mol. The van der Waals surface area contributed by atoms with E-state index in [0.29, 0.717) is 6.42 Å². The van der Waals surface area contributed by atoms with Crippen LogP contribution in [0.4, 0.5) is 0 Å². The van der Waals surface area contributed by atoms with Crippen LogP contribution in [0.15, 0.2) is 69.7 Å². The third kappa shape index (κ3) is 8.98. The molecule has 1 amide bonds. The summed E-state index contributed by atoms with van der Waals surface area (Å²) in [5.74, 6) is -1.36. The third-order valence-corrected chi connectivity index (χ3v) is 6.16. The maximum Gasteiger partial charge on any atom is 0.308 e. The lowest BCUT2D eigenvalue weighted by Gasteiger charge is -2.25. The van der Waals surface area contributed by atoms with E-state index in [2.05, 4.69) is 61.1 Å². The number of methoxy groups -OCH3 is 1. The van der Waals surface area contributed by atoms with E-state index in [9.17, 15) is 14.4 Å². The highest BCUT2D eigenvalue weighted by Gasteiger charge is 2.24. The molecule has 1 heterocycles. The van der Waals surface area contributed by atoms with Crippen LogP contribution in [0.25, 0.3) is 0 Å². The minimum absolute atomic E-state index is 0.0108. The lowest BCUT2D eigenvalue weighted by molar-refractivity contribution is -0.148. The van der Waals surface area contributed by atoms with E-state index in [-0.39, 0.29) is 35.2 Å². The van der Waals surface area contributed by atoms with Crippen LogP contribution < -0.4 is 15.2 Å². The Kier molecular flexibility index (Phi) is 11.7. The highest BCUT2D eigenvalue weighted by molar-refractivity contribution is 9.10. The highest BCUT2D eigenvalue weighted by Crippen LogP contribution is 2.32. The maximum absolute atomic E-state index is 11.7. The molecule has 0 saturated heterocycles. The zero-order valence-electron chi connectivity index (χ0n) is 20.9. The second kappa shape index (κ2) is 14.5. The summed E-state index contributed by atoms with van der Waals surface area (Å²) in [5.41, 5.74) is 7.18. The van der Waals surface area contributed by atoms with Crippen LogP contribution in [-0.2, 0) is 14.3 Å². The molecule has 0 saturated carbocycles. The van der Waals surface area contributed by atoms with E-state index in [4.69, 9.17) is 19.9 Å². The molecule has 8 nitrogen and oxygen atoms in total. The van der Waals surface area contributed by atoms with E-state index in [0.717, 1.165) is 20.1 Å². The Bertz CT molecular complexity index is 1170. The Morgan fingerprint density at radius 2 is 1.46 bits per heavy atom. The number of primary amides is 1. The van der Waals surface area contributed by atoms with Gasteiger partial charge in [-0.2, -0.15) is 0 Å². The Labute approximate surface area is 232 Å². The van der Waals surface area contributed by atoms with E-state index in [1.807, 2.05) is 38.1 Å². The van der Waals surface area contributed by atoms with Crippen LogP contribution in [0.3, 0.4) is 0 Å². The molecule has 1 atom stereocenters. The van der Waals surface area contributed by atoms with Gasteiger partial charge in [0.15, 0.2) is 11.4 Å². The lowest BCUT2D eigenvalue weighted by Crippen LogP contribution is -2.23. The van der Waals surface area contributed by atoms with Crippen LogP contribution in [0.2, 0.25) is 0 Å². The van der Waals surface area contributed by atoms with Gasteiger partial charge in [-0.15, -0.1) is 0 Å². The zero-order valence-corrected chi connectivity index (χ0v) is 24.0. The summed E-state index contributed by atoms with van der Waals surface area (Å²) < 4.78 is 17.3. The van der Waals surface area contributed by atoms with Gasteiger partial charge in [0.2, 0.25) is 5.75 Å². The van der Waals surface area contributed by atoms with Gasteiger partial charge in [0.1, 0.15) is 6.10 Å². The minimum Gasteiger partial charge on any atom is -0.493 e. The average molecular weight is 636 g/mol. The van der Waals surface area contributed by atoms with Crippen molar-refractivity contribution in [3.63, 3.8) is 0 Å². The number of rotatable bonds is 8. The molecular formula is C27H28Br2N2O6. The van der Waals surface area contributed by atoms with Crippen molar-refractivity contribution in [2.45, 2.75) is 39.2 Å². The van der Waals surface area contributed by atoms with Crippen molar-refractivity contribution in [3.8, 4) is 11.5 Å². The first kappa shape index (κ1) is 30.0. The number of nitrogens with zero attached hydrogens (tertiary/aromatic N) is 1. The van der Waals surface area contributed by atoms with Gasteiger partial charge in [-0.1, -0.05) is 63.0 Å². The number of benzene rings is 2. The topological polar surface area (TPSA) is 118 Å². The first-order chi connectivity index (χ1) is 17.6. The molecule has 3 rings (SSSR count). The summed E-state index contributed by atoms with van der Waals surface area (Å²) in [4.78, 5) is 37.2. The largest absolute Gasteiger partial charge is 0.493 e. The number of ether oxygens (including phenoxy) is 3. The van der Waals surface area contributed by atoms with E-state index >= 15 is 0 Å². The normalized spacial score (nSPS) is 11.1. The highest BCUT2D eigenvalue weighted by atomic mass is 79.9. The number of hydrogen-bond donors (Lipinski definition) is 1. The molecule has 2 aromatic carbocycles. The van der Waals surface area contributed by atoms with Crippen molar-refractivity contribution in [1.82, 2.24) is 4.98 Å². The second-order valence-corrected chi connectivity index (χ2v) is 9.61. The molecule has 0 fully saturated rings. The Balaban J connectivity index is 0.000000281. The molecule has 196 valence electrons. The number of hydrogen-bond acceptors (Lipinski definition) is 7. The zero-order chi connectivity index (χ0) is 27.5. The number of halogens is 2. The van der Waals surface area contributed by atoms with E-state index in [1.54, 1.807) is 0 Å². The molecule has 10 heteroatoms. The SMILES string of the molecule is CCC(=O)OC(C)C(c1ccc(Br)cc1)c1ccc(Br)cc1.COc1ccnc(C(N)=O)c1OC(C)=O. The molecule has 1 aromatic heterocycles. The minimum atomic E-state index is -0.787. The fraction of sp³-hybridized carbons (Fsp3) is 0.259. The van der Waals surface area contributed by atoms with Gasteiger partial charge in [-0.3, -0.25) is 14.4 Å². The number of pyridine rings is 1. The summed E-state index contributed by atoms with van der Waals surface area (Å²) in [6, 6.07) is 17.8. The van der Waals surface area contributed by atoms with E-state index < -0.39 is 11.9 Å². The van der Waals surface area contributed by atoms with Gasteiger partial charge in [0, 0.05) is 40.5 Å². The van der Waals surface area contributed by atoms with Crippen LogP contribution in [-0.4, -0.2) is 36.0 Å². The summed E-state index contributed by atoms with van der Waals surface area (Å²) in [5, 5.41) is 0. The van der Waals surface area contributed by atoms with Gasteiger partial charge in [-0.05, 0) is 42.3 Å². The summed E-state index contributed by atoms with van der Waals surface area (Å²) >= 11 is 6.91. The molecule has 2 N–H and O–H groups in total. The van der Waals surface area contributed by atoms with Crippen molar-refractivity contribution >= 4 is 49.7 Å². The Hall–Kier alpha value is -3.24. The van der Waals surface area contributed by atoms with Gasteiger partial charge in [0.05, 0.1) is 7.11 Å². The summed E-state index contributed by atoms with van der Waals surface area (Å²) in [6.07, 6.45) is 1.50. The number of carbonyl (C=O) groups is 3.